The summed E-state index contributed by atoms with van der Waals surface area (Å²) in [6.07, 6.45) is 11.0. The summed E-state index contributed by atoms with van der Waals surface area (Å²) in [6.45, 7) is 9.83. The van der Waals surface area contributed by atoms with E-state index in [1.807, 2.05) is 6.20 Å². The normalized spacial score (nSPS) is 24.6. The number of hydrogen-bond acceptors (Lipinski definition) is 2. The van der Waals surface area contributed by atoms with E-state index in [-0.39, 0.29) is 5.54 Å². The number of nitrogens with one attached hydrogen (secondary N) is 1. The van der Waals surface area contributed by atoms with Crippen LogP contribution in [0.3, 0.4) is 0 Å². The smallest absolute Gasteiger partial charge is 0.0543 e. The van der Waals surface area contributed by atoms with Crippen LogP contribution in [-0.2, 0) is 12.1 Å². The molecule has 0 aromatic carbocycles. The first kappa shape index (κ1) is 14.6. The highest BCUT2D eigenvalue weighted by Gasteiger charge is 2.20. The van der Waals surface area contributed by atoms with Gasteiger partial charge in [-0.25, -0.2) is 0 Å². The fraction of sp³-hybridized carbons (Fsp3) is 0.812. The number of rotatable bonds is 4. The first-order chi connectivity index (χ1) is 8.99. The van der Waals surface area contributed by atoms with Crippen molar-refractivity contribution in [1.29, 1.82) is 0 Å². The average Bonchev–Trinajstić information content (AvgIpc) is 2.85. The van der Waals surface area contributed by atoms with Crippen molar-refractivity contribution in [3.8, 4) is 0 Å². The second kappa shape index (κ2) is 6.08. The molecule has 0 aliphatic heterocycles. The van der Waals surface area contributed by atoms with Crippen LogP contribution in [0.5, 0.6) is 0 Å². The molecule has 108 valence electrons. The molecule has 2 atom stereocenters. The van der Waals surface area contributed by atoms with E-state index in [9.17, 15) is 0 Å². The molecule has 2 unspecified atom stereocenters. The van der Waals surface area contributed by atoms with Crippen LogP contribution in [-0.4, -0.2) is 15.8 Å². The van der Waals surface area contributed by atoms with E-state index in [0.717, 1.165) is 12.5 Å². The molecule has 3 heteroatoms. The van der Waals surface area contributed by atoms with Crippen molar-refractivity contribution in [2.45, 2.75) is 77.9 Å². The van der Waals surface area contributed by atoms with Gasteiger partial charge in [-0.15, -0.1) is 0 Å². The zero-order chi connectivity index (χ0) is 13.9. The highest BCUT2D eigenvalue weighted by atomic mass is 15.3. The minimum absolute atomic E-state index is 0.0798. The van der Waals surface area contributed by atoms with Crippen molar-refractivity contribution in [3.05, 3.63) is 18.0 Å². The van der Waals surface area contributed by atoms with Crippen LogP contribution in [0.4, 0.5) is 0 Å². The first-order valence-corrected chi connectivity index (χ1v) is 7.76. The Kier molecular flexibility index (Phi) is 4.67. The molecule has 1 heterocycles. The van der Waals surface area contributed by atoms with Gasteiger partial charge in [-0.1, -0.05) is 26.2 Å². The van der Waals surface area contributed by atoms with Gasteiger partial charge in [0, 0.05) is 24.3 Å². The molecule has 1 aliphatic carbocycles. The number of aromatic nitrogens is 2. The van der Waals surface area contributed by atoms with E-state index in [4.69, 9.17) is 0 Å². The van der Waals surface area contributed by atoms with Crippen LogP contribution in [0.25, 0.3) is 0 Å². The van der Waals surface area contributed by atoms with Crippen LogP contribution in [0, 0.1) is 5.92 Å². The van der Waals surface area contributed by atoms with Crippen LogP contribution >= 0.6 is 0 Å². The molecule has 2 rings (SSSR count). The van der Waals surface area contributed by atoms with Crippen molar-refractivity contribution in [1.82, 2.24) is 15.1 Å². The maximum absolute atomic E-state index is 4.46. The Balaban J connectivity index is 1.83. The van der Waals surface area contributed by atoms with Crippen LogP contribution in [0.15, 0.2) is 12.4 Å². The molecule has 1 aromatic heterocycles. The van der Waals surface area contributed by atoms with Crippen molar-refractivity contribution in [3.63, 3.8) is 0 Å². The summed E-state index contributed by atoms with van der Waals surface area (Å²) in [6, 6.07) is 0.705. The Hall–Kier alpha value is -0.830. The molecule has 3 nitrogen and oxygen atoms in total. The lowest BCUT2D eigenvalue weighted by Gasteiger charge is -2.29. The van der Waals surface area contributed by atoms with E-state index in [1.165, 1.54) is 37.7 Å². The molecule has 0 amide bonds. The quantitative estimate of drug-likeness (QED) is 0.897. The molecule has 1 saturated carbocycles. The van der Waals surface area contributed by atoms with Gasteiger partial charge in [0.1, 0.15) is 0 Å². The maximum atomic E-state index is 4.46. The molecular formula is C16H29N3. The monoisotopic (exact) mass is 263 g/mol. The van der Waals surface area contributed by atoms with Gasteiger partial charge in [0.05, 0.1) is 11.7 Å². The van der Waals surface area contributed by atoms with Gasteiger partial charge in [0.15, 0.2) is 0 Å². The molecule has 1 N–H and O–H groups in total. The largest absolute Gasteiger partial charge is 0.310 e. The molecule has 19 heavy (non-hydrogen) atoms. The third-order valence-electron chi connectivity index (χ3n) is 4.28. The lowest BCUT2D eigenvalue weighted by molar-refractivity contribution is 0.278. The topological polar surface area (TPSA) is 29.9 Å². The summed E-state index contributed by atoms with van der Waals surface area (Å²) >= 11 is 0. The van der Waals surface area contributed by atoms with E-state index in [2.05, 4.69) is 49.0 Å². The molecular weight excluding hydrogens is 234 g/mol. The predicted octanol–water partition coefficient (Wildman–Crippen LogP) is 3.70. The Morgan fingerprint density at radius 3 is 2.79 bits per heavy atom. The maximum Gasteiger partial charge on any atom is 0.0543 e. The molecule has 1 aromatic rings. The summed E-state index contributed by atoms with van der Waals surface area (Å²) < 4.78 is 2.06. The van der Waals surface area contributed by atoms with Gasteiger partial charge in [0.25, 0.3) is 0 Å². The standard InChI is InChI=1S/C16H29N3/c1-5-13-7-6-8-15(9-13)17-10-14-11-18-19(12-14)16(2,3)4/h11-13,15,17H,5-10H2,1-4H3. The van der Waals surface area contributed by atoms with Crippen molar-refractivity contribution in [2.75, 3.05) is 0 Å². The summed E-state index contributed by atoms with van der Waals surface area (Å²) in [4.78, 5) is 0. The molecule has 1 fully saturated rings. The molecule has 0 saturated heterocycles. The fourth-order valence-electron chi connectivity index (χ4n) is 2.93. The van der Waals surface area contributed by atoms with Gasteiger partial charge in [0.2, 0.25) is 0 Å². The average molecular weight is 263 g/mol. The molecule has 0 bridgehead atoms. The van der Waals surface area contributed by atoms with Crippen LogP contribution < -0.4 is 5.32 Å². The molecule has 0 radical (unpaired) electrons. The highest BCUT2D eigenvalue weighted by Crippen LogP contribution is 2.26. The Labute approximate surface area is 117 Å². The third-order valence-corrected chi connectivity index (χ3v) is 4.28. The molecule has 1 aliphatic rings. The zero-order valence-electron chi connectivity index (χ0n) is 12.9. The van der Waals surface area contributed by atoms with Crippen LogP contribution in [0.1, 0.15) is 65.4 Å². The van der Waals surface area contributed by atoms with E-state index in [0.29, 0.717) is 6.04 Å². The van der Waals surface area contributed by atoms with Gasteiger partial charge in [-0.2, -0.15) is 5.10 Å². The van der Waals surface area contributed by atoms with Crippen molar-refractivity contribution in [2.24, 2.45) is 5.92 Å². The summed E-state index contributed by atoms with van der Waals surface area (Å²) in [7, 11) is 0. The second-order valence-corrected chi connectivity index (χ2v) is 6.98. The summed E-state index contributed by atoms with van der Waals surface area (Å²) in [5.74, 6) is 0.934. The minimum atomic E-state index is 0.0798. The third kappa shape index (κ3) is 4.07. The van der Waals surface area contributed by atoms with Gasteiger partial charge in [-0.3, -0.25) is 4.68 Å². The number of hydrogen-bond donors (Lipinski definition) is 1. The van der Waals surface area contributed by atoms with E-state index in [1.54, 1.807) is 0 Å². The summed E-state index contributed by atoms with van der Waals surface area (Å²) in [5, 5.41) is 8.17. The predicted molar refractivity (Wildman–Crippen MR) is 80.1 cm³/mol. The highest BCUT2D eigenvalue weighted by molar-refractivity contribution is 5.05. The van der Waals surface area contributed by atoms with Gasteiger partial charge in [-0.05, 0) is 39.5 Å². The Bertz CT molecular complexity index is 389. The Morgan fingerprint density at radius 2 is 2.16 bits per heavy atom. The van der Waals surface area contributed by atoms with Crippen LogP contribution in [0.2, 0.25) is 0 Å². The SMILES string of the molecule is CCC1CCCC(NCc2cnn(C(C)(C)C)c2)C1. The van der Waals surface area contributed by atoms with Gasteiger partial charge >= 0.3 is 0 Å². The Morgan fingerprint density at radius 1 is 1.37 bits per heavy atom. The van der Waals surface area contributed by atoms with Crippen molar-refractivity contribution >= 4 is 0 Å². The lowest BCUT2D eigenvalue weighted by atomic mass is 9.84. The zero-order valence-corrected chi connectivity index (χ0v) is 12.9. The molecule has 0 spiro atoms. The fourth-order valence-corrected chi connectivity index (χ4v) is 2.93. The first-order valence-electron chi connectivity index (χ1n) is 7.76. The number of nitrogens with zero attached hydrogens (tertiary/aromatic N) is 2. The second-order valence-electron chi connectivity index (χ2n) is 6.98. The lowest BCUT2D eigenvalue weighted by Crippen LogP contribution is -2.33. The van der Waals surface area contributed by atoms with E-state index < -0.39 is 0 Å². The van der Waals surface area contributed by atoms with Gasteiger partial charge < -0.3 is 5.32 Å². The summed E-state index contributed by atoms with van der Waals surface area (Å²) in [5.41, 5.74) is 1.38. The minimum Gasteiger partial charge on any atom is -0.310 e. The van der Waals surface area contributed by atoms with Crippen molar-refractivity contribution < 1.29 is 0 Å². The van der Waals surface area contributed by atoms with E-state index >= 15 is 0 Å².